The molecule has 28 heavy (non-hydrogen) atoms. The van der Waals surface area contributed by atoms with Crippen LogP contribution >= 0.6 is 0 Å². The van der Waals surface area contributed by atoms with Gasteiger partial charge in [-0.3, -0.25) is 24.4 Å². The molecule has 9 heteroatoms. The molecule has 0 radical (unpaired) electrons. The molecule has 9 nitrogen and oxygen atoms in total. The maximum Gasteiger partial charge on any atom is 0.317 e. The van der Waals surface area contributed by atoms with Crippen LogP contribution in [0, 0.1) is 0 Å². The van der Waals surface area contributed by atoms with Gasteiger partial charge in [-0.25, -0.2) is 0 Å². The number of piperidine rings is 1. The first-order valence-electron chi connectivity index (χ1n) is 9.62. The summed E-state index contributed by atoms with van der Waals surface area (Å²) in [6, 6.07) is 5.61. The van der Waals surface area contributed by atoms with Gasteiger partial charge in [0.25, 0.3) is 0 Å². The van der Waals surface area contributed by atoms with E-state index in [1.165, 1.54) is 0 Å². The fourth-order valence-electron chi connectivity index (χ4n) is 3.54. The second kappa shape index (κ2) is 11.7. The van der Waals surface area contributed by atoms with Crippen molar-refractivity contribution in [2.75, 3.05) is 39.3 Å². The van der Waals surface area contributed by atoms with E-state index in [0.29, 0.717) is 18.8 Å². The van der Waals surface area contributed by atoms with Crippen LogP contribution in [0.5, 0.6) is 0 Å². The Labute approximate surface area is 165 Å². The smallest absolute Gasteiger partial charge is 0.317 e. The van der Waals surface area contributed by atoms with Crippen LogP contribution in [0.2, 0.25) is 0 Å². The average molecular weight is 394 g/mol. The molecule has 1 fully saturated rings. The lowest BCUT2D eigenvalue weighted by atomic mass is 10.0. The zero-order chi connectivity index (χ0) is 20.4. The van der Waals surface area contributed by atoms with Gasteiger partial charge in [0, 0.05) is 38.4 Å². The second-order valence-corrected chi connectivity index (χ2v) is 7.27. The standard InChI is InChI=1S/C19H30N4O5/c24-17(11-22(13-18(25)26)9-15-5-1-3-7-20-15)12-23(14-19(27)28)10-16-6-2-4-8-21-16/h1,3,5,7,16-17,21,24H,2,4,6,8-14H2,(H,25,26)(H,27,28). The normalized spacial score (nSPS) is 18.3. The van der Waals surface area contributed by atoms with Crippen LogP contribution in [0.1, 0.15) is 25.0 Å². The number of nitrogens with zero attached hydrogens (tertiary/aromatic N) is 3. The third-order valence-corrected chi connectivity index (χ3v) is 4.66. The molecule has 2 rings (SSSR count). The van der Waals surface area contributed by atoms with E-state index in [1.807, 2.05) is 6.07 Å². The van der Waals surface area contributed by atoms with Crippen LogP contribution in [0.3, 0.4) is 0 Å². The molecule has 0 aliphatic carbocycles. The van der Waals surface area contributed by atoms with Crippen LogP contribution in [-0.4, -0.2) is 93.5 Å². The molecule has 2 atom stereocenters. The minimum atomic E-state index is -0.989. The fourth-order valence-corrected chi connectivity index (χ4v) is 3.54. The maximum atomic E-state index is 11.2. The number of aromatic nitrogens is 1. The summed E-state index contributed by atoms with van der Waals surface area (Å²) in [6.07, 6.45) is 3.98. The summed E-state index contributed by atoms with van der Waals surface area (Å²) in [5, 5.41) is 32.2. The molecule has 0 amide bonds. The van der Waals surface area contributed by atoms with Gasteiger partial charge in [0.15, 0.2) is 0 Å². The maximum absolute atomic E-state index is 11.2. The zero-order valence-corrected chi connectivity index (χ0v) is 16.0. The van der Waals surface area contributed by atoms with Gasteiger partial charge >= 0.3 is 11.9 Å². The summed E-state index contributed by atoms with van der Waals surface area (Å²) in [6.45, 7) is 1.67. The molecular formula is C19H30N4O5. The Morgan fingerprint density at radius 2 is 1.86 bits per heavy atom. The van der Waals surface area contributed by atoms with E-state index >= 15 is 0 Å². The van der Waals surface area contributed by atoms with Crippen LogP contribution in [0.4, 0.5) is 0 Å². The zero-order valence-electron chi connectivity index (χ0n) is 16.0. The quantitative estimate of drug-likeness (QED) is 0.383. The molecule has 1 aromatic heterocycles. The Balaban J connectivity index is 1.93. The van der Waals surface area contributed by atoms with Crippen molar-refractivity contribution in [2.45, 2.75) is 38.0 Å². The van der Waals surface area contributed by atoms with Crippen molar-refractivity contribution in [1.82, 2.24) is 20.1 Å². The predicted molar refractivity (Wildman–Crippen MR) is 103 cm³/mol. The van der Waals surface area contributed by atoms with Crippen molar-refractivity contribution < 1.29 is 24.9 Å². The topological polar surface area (TPSA) is 126 Å². The number of carboxylic acids is 2. The van der Waals surface area contributed by atoms with Gasteiger partial charge < -0.3 is 20.6 Å². The largest absolute Gasteiger partial charge is 0.480 e. The highest BCUT2D eigenvalue weighted by Gasteiger charge is 2.22. The number of carbonyl (C=O) groups is 2. The number of aliphatic hydroxyl groups excluding tert-OH is 1. The van der Waals surface area contributed by atoms with E-state index in [0.717, 1.165) is 25.8 Å². The van der Waals surface area contributed by atoms with Gasteiger partial charge in [-0.05, 0) is 31.5 Å². The summed E-state index contributed by atoms with van der Waals surface area (Å²) in [4.78, 5) is 29.9. The van der Waals surface area contributed by atoms with Crippen LogP contribution < -0.4 is 5.32 Å². The Kier molecular flexibility index (Phi) is 9.29. The third kappa shape index (κ3) is 8.75. The van der Waals surface area contributed by atoms with Crippen LogP contribution in [0.15, 0.2) is 24.4 Å². The van der Waals surface area contributed by atoms with Gasteiger partial charge in [-0.1, -0.05) is 12.5 Å². The average Bonchev–Trinajstić information content (AvgIpc) is 2.62. The Morgan fingerprint density at radius 3 is 2.46 bits per heavy atom. The summed E-state index contributed by atoms with van der Waals surface area (Å²) < 4.78 is 0. The van der Waals surface area contributed by atoms with E-state index in [4.69, 9.17) is 5.11 Å². The molecule has 4 N–H and O–H groups in total. The molecule has 1 aromatic rings. The second-order valence-electron chi connectivity index (χ2n) is 7.27. The molecule has 0 bridgehead atoms. The molecule has 2 heterocycles. The molecule has 0 saturated carbocycles. The summed E-state index contributed by atoms with van der Waals surface area (Å²) >= 11 is 0. The van der Waals surface area contributed by atoms with Crippen molar-refractivity contribution in [3.63, 3.8) is 0 Å². The van der Waals surface area contributed by atoms with E-state index in [9.17, 15) is 19.8 Å². The van der Waals surface area contributed by atoms with Crippen molar-refractivity contribution in [3.05, 3.63) is 30.1 Å². The molecule has 1 aliphatic heterocycles. The van der Waals surface area contributed by atoms with E-state index < -0.39 is 18.0 Å². The van der Waals surface area contributed by atoms with Crippen molar-refractivity contribution in [2.24, 2.45) is 0 Å². The van der Waals surface area contributed by atoms with Crippen LogP contribution in [-0.2, 0) is 16.1 Å². The minimum absolute atomic E-state index is 0.122. The molecule has 0 spiro atoms. The van der Waals surface area contributed by atoms with E-state index in [2.05, 4.69) is 10.3 Å². The SMILES string of the molecule is O=C(O)CN(Cc1ccccn1)CC(O)CN(CC(=O)O)CC1CCCCN1. The number of rotatable bonds is 12. The third-order valence-electron chi connectivity index (χ3n) is 4.66. The van der Waals surface area contributed by atoms with Crippen molar-refractivity contribution in [3.8, 4) is 0 Å². The number of hydrogen-bond acceptors (Lipinski definition) is 7. The van der Waals surface area contributed by atoms with Gasteiger partial charge in [0.2, 0.25) is 0 Å². The minimum Gasteiger partial charge on any atom is -0.480 e. The van der Waals surface area contributed by atoms with Crippen LogP contribution in [0.25, 0.3) is 0 Å². The lowest BCUT2D eigenvalue weighted by molar-refractivity contribution is -0.139. The first-order chi connectivity index (χ1) is 13.4. The van der Waals surface area contributed by atoms with Gasteiger partial charge in [0.1, 0.15) is 0 Å². The Morgan fingerprint density at radius 1 is 1.14 bits per heavy atom. The molecule has 2 unspecified atom stereocenters. The number of aliphatic hydroxyl groups is 1. The van der Waals surface area contributed by atoms with Gasteiger partial charge in [-0.2, -0.15) is 0 Å². The van der Waals surface area contributed by atoms with Gasteiger partial charge in [-0.15, -0.1) is 0 Å². The Bertz CT molecular complexity index is 610. The number of aliphatic carboxylic acids is 2. The van der Waals surface area contributed by atoms with Crippen molar-refractivity contribution in [1.29, 1.82) is 0 Å². The number of carboxylic acid groups (broad SMARTS) is 2. The van der Waals surface area contributed by atoms with Crippen molar-refractivity contribution >= 4 is 11.9 Å². The number of hydrogen-bond donors (Lipinski definition) is 4. The molecule has 156 valence electrons. The highest BCUT2D eigenvalue weighted by Crippen LogP contribution is 2.10. The first kappa shape index (κ1) is 22.2. The highest BCUT2D eigenvalue weighted by molar-refractivity contribution is 5.69. The molecule has 1 saturated heterocycles. The Hall–Kier alpha value is -2.07. The van der Waals surface area contributed by atoms with E-state index in [1.54, 1.807) is 28.1 Å². The number of pyridine rings is 1. The summed E-state index contributed by atoms with van der Waals surface area (Å²) in [7, 11) is 0. The molecular weight excluding hydrogens is 364 g/mol. The number of nitrogens with one attached hydrogen (secondary N) is 1. The lowest BCUT2D eigenvalue weighted by Gasteiger charge is -2.32. The first-order valence-corrected chi connectivity index (χ1v) is 9.62. The molecule has 0 aromatic carbocycles. The summed E-state index contributed by atoms with van der Waals surface area (Å²) in [5.41, 5.74) is 0.713. The summed E-state index contributed by atoms with van der Waals surface area (Å²) in [5.74, 6) is -1.93. The van der Waals surface area contributed by atoms with E-state index in [-0.39, 0.29) is 32.2 Å². The monoisotopic (exact) mass is 394 g/mol. The molecule has 1 aliphatic rings. The van der Waals surface area contributed by atoms with Gasteiger partial charge in [0.05, 0.1) is 24.9 Å². The highest BCUT2D eigenvalue weighted by atomic mass is 16.4. The fraction of sp³-hybridized carbons (Fsp3) is 0.632. The predicted octanol–water partition coefficient (Wildman–Crippen LogP) is -0.142. The lowest BCUT2D eigenvalue weighted by Crippen LogP contribution is -2.49.